The van der Waals surface area contributed by atoms with Crippen molar-refractivity contribution >= 4 is 11.3 Å². The van der Waals surface area contributed by atoms with Gasteiger partial charge in [0, 0.05) is 11.1 Å². The third-order valence-corrected chi connectivity index (χ3v) is 4.26. The third kappa shape index (κ3) is 3.27. The number of rotatable bonds is 4. The van der Waals surface area contributed by atoms with Crippen molar-refractivity contribution in [3.05, 3.63) is 16.1 Å². The molecule has 1 saturated heterocycles. The number of aryl methyl sites for hydroxylation is 1. The Labute approximate surface area is 102 Å². The van der Waals surface area contributed by atoms with Gasteiger partial charge in [-0.2, -0.15) is 0 Å². The summed E-state index contributed by atoms with van der Waals surface area (Å²) in [4.78, 5) is 7.04. The Bertz CT molecular complexity index is 316. The van der Waals surface area contributed by atoms with Crippen LogP contribution in [0.25, 0.3) is 0 Å². The molecule has 0 bridgehead atoms. The molecule has 90 valence electrons. The van der Waals surface area contributed by atoms with Crippen LogP contribution in [0.2, 0.25) is 0 Å². The van der Waals surface area contributed by atoms with Gasteiger partial charge in [-0.3, -0.25) is 4.90 Å². The predicted molar refractivity (Wildman–Crippen MR) is 68.5 cm³/mol. The van der Waals surface area contributed by atoms with Gasteiger partial charge in [0.2, 0.25) is 0 Å². The lowest BCUT2D eigenvalue weighted by atomic mass is 9.94. The van der Waals surface area contributed by atoms with Gasteiger partial charge >= 0.3 is 0 Å². The topological polar surface area (TPSA) is 42.1 Å². The summed E-state index contributed by atoms with van der Waals surface area (Å²) in [5, 5.41) is 3.39. The number of thiazole rings is 1. The molecule has 0 amide bonds. The third-order valence-electron chi connectivity index (χ3n) is 3.31. The molecule has 1 aromatic heterocycles. The minimum Gasteiger partial charge on any atom is -0.330 e. The van der Waals surface area contributed by atoms with Crippen LogP contribution in [0.5, 0.6) is 0 Å². The molecule has 0 aliphatic carbocycles. The normalized spacial score (nSPS) is 19.1. The molecule has 1 fully saturated rings. The summed E-state index contributed by atoms with van der Waals surface area (Å²) in [6, 6.07) is 0. The maximum absolute atomic E-state index is 5.60. The molecule has 2 heterocycles. The fourth-order valence-electron chi connectivity index (χ4n) is 2.34. The second kappa shape index (κ2) is 5.75. The highest BCUT2D eigenvalue weighted by Gasteiger charge is 2.19. The second-order valence-corrected chi connectivity index (χ2v) is 5.62. The molecule has 1 aromatic rings. The molecule has 0 saturated carbocycles. The molecule has 3 nitrogen and oxygen atoms in total. The maximum Gasteiger partial charge on any atom is 0.107 e. The molecule has 0 spiro atoms. The minimum atomic E-state index is 0.844. The van der Waals surface area contributed by atoms with E-state index >= 15 is 0 Å². The van der Waals surface area contributed by atoms with Crippen molar-refractivity contribution < 1.29 is 0 Å². The van der Waals surface area contributed by atoms with E-state index in [2.05, 4.69) is 22.2 Å². The summed E-state index contributed by atoms with van der Waals surface area (Å²) >= 11 is 1.78. The van der Waals surface area contributed by atoms with Gasteiger partial charge in [-0.05, 0) is 51.7 Å². The molecule has 1 aliphatic heterocycles. The van der Waals surface area contributed by atoms with E-state index in [4.69, 9.17) is 5.73 Å². The number of nitrogens with zero attached hydrogens (tertiary/aromatic N) is 2. The lowest BCUT2D eigenvalue weighted by molar-refractivity contribution is 0.173. The smallest absolute Gasteiger partial charge is 0.107 e. The van der Waals surface area contributed by atoms with Crippen LogP contribution < -0.4 is 5.73 Å². The summed E-state index contributed by atoms with van der Waals surface area (Å²) in [5.41, 5.74) is 6.75. The highest BCUT2D eigenvalue weighted by Crippen LogP contribution is 2.22. The standard InChI is InChI=1S/C12H21N3S/c1-10-9-16-12(14-10)8-15-6-3-11(2-5-13)4-7-15/h9,11H,2-8,13H2,1H3. The predicted octanol–water partition coefficient (Wildman–Crippen LogP) is 2.01. The van der Waals surface area contributed by atoms with Crippen molar-refractivity contribution in [3.63, 3.8) is 0 Å². The fraction of sp³-hybridized carbons (Fsp3) is 0.750. The van der Waals surface area contributed by atoms with Crippen LogP contribution in [-0.4, -0.2) is 29.5 Å². The lowest BCUT2D eigenvalue weighted by Gasteiger charge is -2.31. The number of aromatic nitrogens is 1. The molecular formula is C12H21N3S. The highest BCUT2D eigenvalue weighted by molar-refractivity contribution is 7.09. The Balaban J connectivity index is 1.77. The van der Waals surface area contributed by atoms with Gasteiger partial charge in [0.25, 0.3) is 0 Å². The monoisotopic (exact) mass is 239 g/mol. The molecule has 16 heavy (non-hydrogen) atoms. The van der Waals surface area contributed by atoms with E-state index in [1.807, 2.05) is 0 Å². The quantitative estimate of drug-likeness (QED) is 0.874. The first-order valence-corrected chi connectivity index (χ1v) is 6.99. The molecule has 1 aliphatic rings. The van der Waals surface area contributed by atoms with Gasteiger partial charge < -0.3 is 5.73 Å². The van der Waals surface area contributed by atoms with Crippen molar-refractivity contribution in [2.75, 3.05) is 19.6 Å². The number of hydrogen-bond acceptors (Lipinski definition) is 4. The van der Waals surface area contributed by atoms with Crippen LogP contribution >= 0.6 is 11.3 Å². The van der Waals surface area contributed by atoms with Crippen LogP contribution in [-0.2, 0) is 6.54 Å². The van der Waals surface area contributed by atoms with E-state index in [1.54, 1.807) is 11.3 Å². The largest absolute Gasteiger partial charge is 0.330 e. The molecule has 2 N–H and O–H groups in total. The van der Waals surface area contributed by atoms with E-state index in [-0.39, 0.29) is 0 Å². The van der Waals surface area contributed by atoms with Crippen LogP contribution in [0.15, 0.2) is 5.38 Å². The van der Waals surface area contributed by atoms with Crippen molar-refractivity contribution in [3.8, 4) is 0 Å². The van der Waals surface area contributed by atoms with E-state index < -0.39 is 0 Å². The average Bonchev–Trinajstić information content (AvgIpc) is 2.67. The number of piperidine rings is 1. The van der Waals surface area contributed by atoms with E-state index in [0.29, 0.717) is 0 Å². The summed E-state index contributed by atoms with van der Waals surface area (Å²) in [6.45, 7) is 6.37. The van der Waals surface area contributed by atoms with Crippen LogP contribution in [0, 0.1) is 12.8 Å². The Morgan fingerprint density at radius 2 is 2.25 bits per heavy atom. The summed E-state index contributed by atoms with van der Waals surface area (Å²) in [6.07, 6.45) is 3.81. The Kier molecular flexibility index (Phi) is 4.32. The zero-order chi connectivity index (χ0) is 11.4. The molecule has 0 radical (unpaired) electrons. The molecule has 4 heteroatoms. The molecule has 0 unspecified atom stereocenters. The van der Waals surface area contributed by atoms with Gasteiger partial charge in [0.05, 0.1) is 6.54 Å². The van der Waals surface area contributed by atoms with Crippen molar-refractivity contribution in [2.24, 2.45) is 11.7 Å². The van der Waals surface area contributed by atoms with Gasteiger partial charge in [-0.25, -0.2) is 4.98 Å². The summed E-state index contributed by atoms with van der Waals surface area (Å²) < 4.78 is 0. The lowest BCUT2D eigenvalue weighted by Crippen LogP contribution is -2.33. The zero-order valence-corrected chi connectivity index (χ0v) is 10.8. The SMILES string of the molecule is Cc1csc(CN2CCC(CCN)CC2)n1. The number of hydrogen-bond donors (Lipinski definition) is 1. The highest BCUT2D eigenvalue weighted by atomic mass is 32.1. The number of nitrogens with two attached hydrogens (primary N) is 1. The first kappa shape index (κ1) is 12.0. The van der Waals surface area contributed by atoms with Gasteiger partial charge in [0.15, 0.2) is 0 Å². The van der Waals surface area contributed by atoms with Crippen molar-refractivity contribution in [1.82, 2.24) is 9.88 Å². The molecular weight excluding hydrogens is 218 g/mol. The summed E-state index contributed by atoms with van der Waals surface area (Å²) in [5.74, 6) is 0.860. The zero-order valence-electron chi connectivity index (χ0n) is 9.98. The average molecular weight is 239 g/mol. The first-order chi connectivity index (χ1) is 7.78. The van der Waals surface area contributed by atoms with Gasteiger partial charge in [-0.1, -0.05) is 0 Å². The van der Waals surface area contributed by atoms with E-state index in [1.165, 1.54) is 37.4 Å². The maximum atomic E-state index is 5.60. The number of likely N-dealkylation sites (tertiary alicyclic amines) is 1. The minimum absolute atomic E-state index is 0.844. The molecule has 2 rings (SSSR count). The molecule has 0 aromatic carbocycles. The van der Waals surface area contributed by atoms with Gasteiger partial charge in [0.1, 0.15) is 5.01 Å². The van der Waals surface area contributed by atoms with Crippen molar-refractivity contribution in [2.45, 2.75) is 32.7 Å². The van der Waals surface area contributed by atoms with E-state index in [9.17, 15) is 0 Å². The van der Waals surface area contributed by atoms with Crippen LogP contribution in [0.1, 0.15) is 30.0 Å². The first-order valence-electron chi connectivity index (χ1n) is 6.11. The van der Waals surface area contributed by atoms with Crippen LogP contribution in [0.4, 0.5) is 0 Å². The summed E-state index contributed by atoms with van der Waals surface area (Å²) in [7, 11) is 0. The Hall–Kier alpha value is -0.450. The van der Waals surface area contributed by atoms with E-state index in [0.717, 1.165) is 24.7 Å². The molecule has 0 atom stereocenters. The van der Waals surface area contributed by atoms with Gasteiger partial charge in [-0.15, -0.1) is 11.3 Å². The van der Waals surface area contributed by atoms with Crippen LogP contribution in [0.3, 0.4) is 0 Å². The fourth-order valence-corrected chi connectivity index (χ4v) is 3.15. The Morgan fingerprint density at radius 1 is 1.50 bits per heavy atom. The second-order valence-electron chi connectivity index (χ2n) is 4.68. The van der Waals surface area contributed by atoms with Crippen molar-refractivity contribution in [1.29, 1.82) is 0 Å². The Morgan fingerprint density at radius 3 is 2.81 bits per heavy atom.